The Morgan fingerprint density at radius 2 is 0.600 bits per heavy atom. The van der Waals surface area contributed by atoms with Crippen LogP contribution in [0.15, 0.2) is 182 Å². The second kappa shape index (κ2) is 68.5. The van der Waals surface area contributed by atoms with E-state index in [2.05, 4.69) is 196 Å². The molecule has 0 aliphatic carbocycles. The Kier molecular flexibility index (Phi) is 64.8. The second-order valence-corrected chi connectivity index (χ2v) is 25.5. The van der Waals surface area contributed by atoms with Crippen molar-refractivity contribution in [1.29, 1.82) is 0 Å². The van der Waals surface area contributed by atoms with E-state index in [4.69, 9.17) is 18.5 Å². The van der Waals surface area contributed by atoms with Crippen LogP contribution in [-0.4, -0.2) is 70.0 Å². The molecule has 0 bridgehead atoms. The van der Waals surface area contributed by atoms with Crippen LogP contribution < -0.4 is 4.89 Å². The monoisotopic (exact) mass is 1260 g/mol. The van der Waals surface area contributed by atoms with Gasteiger partial charge in [0.05, 0.1) is 27.7 Å². The van der Waals surface area contributed by atoms with Crippen molar-refractivity contribution < 1.29 is 42.1 Å². The number of quaternary nitrogens is 1. The molecule has 10 heteroatoms. The minimum absolute atomic E-state index is 0.0430. The molecular weight excluding hydrogens is 1130 g/mol. The molecule has 508 valence electrons. The third-order valence-corrected chi connectivity index (χ3v) is 15.4. The van der Waals surface area contributed by atoms with Crippen LogP contribution in [0.4, 0.5) is 0 Å². The summed E-state index contributed by atoms with van der Waals surface area (Å²) in [4.78, 5) is 38.1. The Balaban J connectivity index is 4.15. The number of esters is 2. The van der Waals surface area contributed by atoms with Gasteiger partial charge < -0.3 is 27.9 Å². The Bertz CT molecular complexity index is 2170. The molecule has 0 rings (SSSR count). The topological polar surface area (TPSA) is 111 Å². The molecule has 9 nitrogen and oxygen atoms in total. The molecule has 0 aromatic rings. The average molecular weight is 1260 g/mol. The summed E-state index contributed by atoms with van der Waals surface area (Å²) in [6, 6.07) is 0. The number of likely N-dealkylation sites (N-methyl/N-ethyl adjacent to an activating group) is 1. The van der Waals surface area contributed by atoms with Crippen LogP contribution >= 0.6 is 7.82 Å². The third-order valence-electron chi connectivity index (χ3n) is 14.4. The summed E-state index contributed by atoms with van der Waals surface area (Å²) >= 11 is 0. The van der Waals surface area contributed by atoms with Crippen molar-refractivity contribution in [3.8, 4) is 0 Å². The second-order valence-electron chi connectivity index (χ2n) is 24.1. The van der Waals surface area contributed by atoms with Crippen LogP contribution in [0.1, 0.15) is 258 Å². The van der Waals surface area contributed by atoms with E-state index in [1.54, 1.807) is 0 Å². The number of phosphoric ester groups is 1. The predicted molar refractivity (Wildman–Crippen MR) is 387 cm³/mol. The molecule has 0 spiro atoms. The van der Waals surface area contributed by atoms with Crippen LogP contribution in [0.2, 0.25) is 0 Å². The summed E-state index contributed by atoms with van der Waals surface area (Å²) < 4.78 is 34.3. The van der Waals surface area contributed by atoms with Gasteiger partial charge in [-0.2, -0.15) is 0 Å². The molecule has 0 saturated heterocycles. The molecule has 0 radical (unpaired) electrons. The fourth-order valence-corrected chi connectivity index (χ4v) is 9.79. The Morgan fingerprint density at radius 3 is 0.889 bits per heavy atom. The molecule has 2 atom stereocenters. The number of ether oxygens (including phenoxy) is 2. The van der Waals surface area contributed by atoms with E-state index in [0.29, 0.717) is 17.4 Å². The number of carbonyl (C=O) groups excluding carboxylic acids is 2. The van der Waals surface area contributed by atoms with E-state index in [9.17, 15) is 19.0 Å². The number of rotatable bonds is 63. The van der Waals surface area contributed by atoms with Gasteiger partial charge in [0, 0.05) is 12.8 Å². The van der Waals surface area contributed by atoms with Crippen molar-refractivity contribution >= 4 is 19.8 Å². The number of hydrogen-bond donors (Lipinski definition) is 0. The molecule has 90 heavy (non-hydrogen) atoms. The Labute approximate surface area is 552 Å². The number of unbranched alkanes of at least 4 members (excludes halogenated alkanes) is 19. The van der Waals surface area contributed by atoms with Gasteiger partial charge in [0.1, 0.15) is 19.8 Å². The predicted octanol–water partition coefficient (Wildman–Crippen LogP) is 22.9. The normalized spacial score (nSPS) is 14.2. The highest BCUT2D eigenvalue weighted by molar-refractivity contribution is 7.45. The van der Waals surface area contributed by atoms with Gasteiger partial charge in [-0.25, -0.2) is 0 Å². The highest BCUT2D eigenvalue weighted by Gasteiger charge is 2.22. The summed E-state index contributed by atoms with van der Waals surface area (Å²) in [5.74, 6) is -0.858. The molecule has 0 N–H and O–H groups in total. The molecule has 0 saturated carbocycles. The molecule has 0 aliphatic rings. The van der Waals surface area contributed by atoms with Crippen LogP contribution in [0.5, 0.6) is 0 Å². The number of allylic oxidation sites excluding steroid dienone is 30. The lowest BCUT2D eigenvalue weighted by molar-refractivity contribution is -0.870. The zero-order chi connectivity index (χ0) is 65.5. The zero-order valence-electron chi connectivity index (χ0n) is 57.8. The first-order valence-corrected chi connectivity index (χ1v) is 37.0. The molecule has 0 aromatic heterocycles. The number of phosphoric acid groups is 1. The summed E-state index contributed by atoms with van der Waals surface area (Å²) in [7, 11) is 1.13. The van der Waals surface area contributed by atoms with Crippen molar-refractivity contribution in [2.45, 2.75) is 264 Å². The average Bonchev–Trinajstić information content (AvgIpc) is 3.61. The summed E-state index contributed by atoms with van der Waals surface area (Å²) in [5.41, 5.74) is 0. The van der Waals surface area contributed by atoms with E-state index in [0.717, 1.165) is 154 Å². The Hall–Kier alpha value is -4.89. The molecule has 0 aliphatic heterocycles. The maximum Gasteiger partial charge on any atom is 0.306 e. The fourth-order valence-electron chi connectivity index (χ4n) is 9.06. The van der Waals surface area contributed by atoms with E-state index >= 15 is 0 Å². The summed E-state index contributed by atoms with van der Waals surface area (Å²) in [5, 5.41) is 0. The summed E-state index contributed by atoms with van der Waals surface area (Å²) in [6.07, 6.45) is 105. The van der Waals surface area contributed by atoms with Crippen LogP contribution in [0, 0.1) is 0 Å². The van der Waals surface area contributed by atoms with E-state index < -0.39 is 32.5 Å². The molecule has 0 aromatic carbocycles. The Morgan fingerprint density at radius 1 is 0.344 bits per heavy atom. The minimum atomic E-state index is -4.66. The van der Waals surface area contributed by atoms with Gasteiger partial charge in [0.15, 0.2) is 6.10 Å². The highest BCUT2D eigenvalue weighted by Crippen LogP contribution is 2.38. The van der Waals surface area contributed by atoms with E-state index in [1.165, 1.54) is 70.6 Å². The standard InChI is InChI=1S/C80H130NO8P/c1-6-8-10-12-14-16-18-20-22-24-26-28-30-32-34-36-38-39-40-41-43-45-47-49-51-53-55-57-59-61-63-65-67-69-71-73-80(83)89-78(77-88-90(84,85)87-75-74-81(3,4)5)76-86-79(82)72-70-68-66-64-62-60-58-56-54-52-50-48-46-44-42-37-35-33-31-29-27-25-23-21-19-17-15-13-11-9-7-2/h8-11,14-17,20-23,26-29,32-35,38-39,41-44,47,49,53,55,78H,6-7,12-13,18-19,24-25,30-31,36-37,40,45-46,48,50-52,54,56-77H2,1-5H3/b10-8-,11-9-,16-14-,17-15-,22-20-,23-21-,28-26-,29-27-,34-32-,35-33-,39-38-,43-41-,44-42-,49-47-,55-53-. The lowest BCUT2D eigenvalue weighted by Gasteiger charge is -2.28. The lowest BCUT2D eigenvalue weighted by atomic mass is 10.0. The first kappa shape index (κ1) is 85.1. The first-order valence-electron chi connectivity index (χ1n) is 35.5. The first-order chi connectivity index (χ1) is 44.0. The van der Waals surface area contributed by atoms with Gasteiger partial charge in [-0.05, 0) is 135 Å². The van der Waals surface area contributed by atoms with Gasteiger partial charge >= 0.3 is 11.9 Å². The van der Waals surface area contributed by atoms with Crippen LogP contribution in [-0.2, 0) is 32.7 Å². The SMILES string of the molecule is CC/C=C\C/C=C\C/C=C\C/C=C\C/C=C\C/C=C\C/C=C\C/C=C\C/C=C\CCCCCCCCCC(=O)OC(COC(=O)CCCCCCCCCCCCCC/C=C\C/C=C\C/C=C\C/C=C\C/C=C\C/C=C\CC)COP(=O)([O-])OCC[N+](C)(C)C. The van der Waals surface area contributed by atoms with Gasteiger partial charge in [-0.3, -0.25) is 14.2 Å². The van der Waals surface area contributed by atoms with Gasteiger partial charge in [0.25, 0.3) is 7.82 Å². The highest BCUT2D eigenvalue weighted by atomic mass is 31.2. The van der Waals surface area contributed by atoms with Crippen molar-refractivity contribution in [3.63, 3.8) is 0 Å². The minimum Gasteiger partial charge on any atom is -0.756 e. The third kappa shape index (κ3) is 72.2. The smallest absolute Gasteiger partial charge is 0.306 e. The van der Waals surface area contributed by atoms with E-state index in [-0.39, 0.29) is 26.1 Å². The fraction of sp³-hybridized carbons (Fsp3) is 0.600. The molecule has 2 unspecified atom stereocenters. The van der Waals surface area contributed by atoms with Crippen molar-refractivity contribution in [3.05, 3.63) is 182 Å². The molecule has 0 fully saturated rings. The lowest BCUT2D eigenvalue weighted by Crippen LogP contribution is -2.37. The zero-order valence-corrected chi connectivity index (χ0v) is 58.7. The molecular formula is C80H130NO8P. The summed E-state index contributed by atoms with van der Waals surface area (Å²) in [6.45, 7) is 3.98. The van der Waals surface area contributed by atoms with Gasteiger partial charge in [-0.15, -0.1) is 0 Å². The molecule has 0 amide bonds. The number of hydrogen-bond acceptors (Lipinski definition) is 8. The van der Waals surface area contributed by atoms with Crippen LogP contribution in [0.25, 0.3) is 0 Å². The number of carbonyl (C=O) groups is 2. The maximum atomic E-state index is 12.9. The van der Waals surface area contributed by atoms with Gasteiger partial charge in [-0.1, -0.05) is 292 Å². The molecule has 0 heterocycles. The van der Waals surface area contributed by atoms with E-state index in [1.807, 2.05) is 21.1 Å². The van der Waals surface area contributed by atoms with Crippen molar-refractivity contribution in [2.24, 2.45) is 0 Å². The largest absolute Gasteiger partial charge is 0.756 e. The van der Waals surface area contributed by atoms with Crippen LogP contribution in [0.3, 0.4) is 0 Å². The van der Waals surface area contributed by atoms with Crippen molar-refractivity contribution in [1.82, 2.24) is 0 Å². The maximum absolute atomic E-state index is 12.9. The van der Waals surface area contributed by atoms with Crippen molar-refractivity contribution in [2.75, 3.05) is 47.5 Å². The number of nitrogens with zero attached hydrogens (tertiary/aromatic N) is 1. The van der Waals surface area contributed by atoms with Gasteiger partial charge in [0.2, 0.25) is 0 Å². The quantitative estimate of drug-likeness (QED) is 0.0195.